The lowest BCUT2D eigenvalue weighted by Crippen LogP contribution is -2.41. The average molecular weight is 382 g/mol. The molecule has 1 aliphatic rings. The van der Waals surface area contributed by atoms with Gasteiger partial charge in [0.2, 0.25) is 5.91 Å². The maximum Gasteiger partial charge on any atom is 0.229 e. The van der Waals surface area contributed by atoms with Gasteiger partial charge in [-0.15, -0.1) is 21.5 Å². The minimum Gasteiger partial charge on any atom is -0.333 e. The molecule has 0 aliphatic carbocycles. The Balaban J connectivity index is 1.44. The Hall–Kier alpha value is -2.54. The number of hydrogen-bond acceptors (Lipinski definition) is 5. The van der Waals surface area contributed by atoms with Crippen molar-refractivity contribution < 1.29 is 4.79 Å². The summed E-state index contributed by atoms with van der Waals surface area (Å²) in [6, 6.07) is 10.6. The molecule has 1 atom stereocenters. The molecular weight excluding hydrogens is 358 g/mol. The molecule has 6 nitrogen and oxygen atoms in total. The lowest BCUT2D eigenvalue weighted by atomic mass is 10.1. The van der Waals surface area contributed by atoms with E-state index >= 15 is 0 Å². The van der Waals surface area contributed by atoms with E-state index in [2.05, 4.69) is 50.9 Å². The van der Waals surface area contributed by atoms with Crippen molar-refractivity contribution in [1.29, 1.82) is 0 Å². The molecule has 0 fully saturated rings. The third-order valence-corrected chi connectivity index (χ3v) is 5.75. The smallest absolute Gasteiger partial charge is 0.229 e. The van der Waals surface area contributed by atoms with Crippen LogP contribution in [0.4, 0.5) is 0 Å². The molecular formula is C20H23N5OS. The second-order valence-corrected chi connectivity index (χ2v) is 8.11. The lowest BCUT2D eigenvalue weighted by molar-refractivity contribution is -0.132. The van der Waals surface area contributed by atoms with E-state index in [0.717, 1.165) is 35.2 Å². The topological polar surface area (TPSA) is 63.9 Å². The van der Waals surface area contributed by atoms with Gasteiger partial charge in [-0.05, 0) is 25.8 Å². The molecule has 140 valence electrons. The largest absolute Gasteiger partial charge is 0.333 e. The summed E-state index contributed by atoms with van der Waals surface area (Å²) in [4.78, 5) is 19.0. The zero-order valence-electron chi connectivity index (χ0n) is 15.6. The van der Waals surface area contributed by atoms with Gasteiger partial charge in [-0.3, -0.25) is 4.79 Å². The Morgan fingerprint density at radius 2 is 2.04 bits per heavy atom. The second-order valence-electron chi connectivity index (χ2n) is 7.05. The van der Waals surface area contributed by atoms with Gasteiger partial charge in [-0.2, -0.15) is 0 Å². The fraction of sp³-hybridized carbons (Fsp3) is 0.400. The van der Waals surface area contributed by atoms with Crippen LogP contribution in [0, 0.1) is 6.92 Å². The van der Waals surface area contributed by atoms with E-state index in [-0.39, 0.29) is 11.9 Å². The fourth-order valence-corrected chi connectivity index (χ4v) is 4.24. The SMILES string of the molecule is Cc1nc(CC(=O)N2Cc3nnc(CCc4ccccc4)n3[C@@H](C)C2)cs1. The predicted octanol–water partition coefficient (Wildman–Crippen LogP) is 2.97. The summed E-state index contributed by atoms with van der Waals surface area (Å²) in [6.07, 6.45) is 2.15. The molecule has 1 aromatic carbocycles. The Kier molecular flexibility index (Phi) is 5.03. The van der Waals surface area contributed by atoms with Crippen LogP contribution < -0.4 is 0 Å². The van der Waals surface area contributed by atoms with Gasteiger partial charge in [0.25, 0.3) is 0 Å². The Labute approximate surface area is 162 Å². The molecule has 1 amide bonds. The normalized spacial score (nSPS) is 16.4. The van der Waals surface area contributed by atoms with Crippen LogP contribution in [-0.2, 0) is 30.6 Å². The number of carbonyl (C=O) groups excluding carboxylic acids is 1. The minimum absolute atomic E-state index is 0.104. The van der Waals surface area contributed by atoms with Crippen LogP contribution in [0.2, 0.25) is 0 Å². The third-order valence-electron chi connectivity index (χ3n) is 4.93. The predicted molar refractivity (Wildman–Crippen MR) is 105 cm³/mol. The number of aryl methyl sites for hydroxylation is 3. The summed E-state index contributed by atoms with van der Waals surface area (Å²) in [5, 5.41) is 11.7. The summed E-state index contributed by atoms with van der Waals surface area (Å²) in [5.74, 6) is 1.98. The number of thiazole rings is 1. The summed E-state index contributed by atoms with van der Waals surface area (Å²) in [6.45, 7) is 5.29. The molecule has 0 unspecified atom stereocenters. The van der Waals surface area contributed by atoms with Gasteiger partial charge in [-0.25, -0.2) is 4.98 Å². The number of amides is 1. The molecule has 7 heteroatoms. The fourth-order valence-electron chi connectivity index (χ4n) is 3.63. The van der Waals surface area contributed by atoms with Crippen molar-refractivity contribution >= 4 is 17.2 Å². The van der Waals surface area contributed by atoms with Crippen LogP contribution in [0.3, 0.4) is 0 Å². The van der Waals surface area contributed by atoms with E-state index < -0.39 is 0 Å². The number of aromatic nitrogens is 4. The van der Waals surface area contributed by atoms with E-state index in [1.165, 1.54) is 5.56 Å². The monoisotopic (exact) mass is 381 g/mol. The highest BCUT2D eigenvalue weighted by Crippen LogP contribution is 2.23. The maximum atomic E-state index is 12.7. The molecule has 0 saturated carbocycles. The van der Waals surface area contributed by atoms with Crippen molar-refractivity contribution in [2.45, 2.75) is 45.7 Å². The van der Waals surface area contributed by atoms with Gasteiger partial charge in [0, 0.05) is 18.3 Å². The van der Waals surface area contributed by atoms with Crippen LogP contribution in [-0.4, -0.2) is 37.1 Å². The number of nitrogens with zero attached hydrogens (tertiary/aromatic N) is 5. The highest BCUT2D eigenvalue weighted by Gasteiger charge is 2.29. The number of rotatable bonds is 5. The number of carbonyl (C=O) groups is 1. The number of fused-ring (bicyclic) bond motifs is 1. The number of hydrogen-bond donors (Lipinski definition) is 0. The van der Waals surface area contributed by atoms with E-state index in [9.17, 15) is 4.79 Å². The van der Waals surface area contributed by atoms with Crippen molar-refractivity contribution in [1.82, 2.24) is 24.6 Å². The highest BCUT2D eigenvalue weighted by atomic mass is 32.1. The molecule has 3 aromatic rings. The number of benzene rings is 1. The first-order valence-electron chi connectivity index (χ1n) is 9.25. The van der Waals surface area contributed by atoms with Gasteiger partial charge >= 0.3 is 0 Å². The molecule has 27 heavy (non-hydrogen) atoms. The first-order chi connectivity index (χ1) is 13.1. The zero-order chi connectivity index (χ0) is 18.8. The first-order valence-corrected chi connectivity index (χ1v) is 10.1. The van der Waals surface area contributed by atoms with Crippen LogP contribution >= 0.6 is 11.3 Å². The van der Waals surface area contributed by atoms with E-state index in [0.29, 0.717) is 19.5 Å². The third kappa shape index (κ3) is 3.93. The summed E-state index contributed by atoms with van der Waals surface area (Å²) in [5.41, 5.74) is 2.15. The average Bonchev–Trinajstić information content (AvgIpc) is 3.27. The van der Waals surface area contributed by atoms with Gasteiger partial charge in [0.05, 0.1) is 29.7 Å². The van der Waals surface area contributed by atoms with Crippen LogP contribution in [0.1, 0.15) is 40.9 Å². The zero-order valence-corrected chi connectivity index (χ0v) is 16.4. The quantitative estimate of drug-likeness (QED) is 0.682. The summed E-state index contributed by atoms with van der Waals surface area (Å²) in [7, 11) is 0. The van der Waals surface area contributed by atoms with Crippen LogP contribution in [0.25, 0.3) is 0 Å². The highest BCUT2D eigenvalue weighted by molar-refractivity contribution is 7.09. The lowest BCUT2D eigenvalue weighted by Gasteiger charge is -2.32. The van der Waals surface area contributed by atoms with Crippen molar-refractivity contribution in [3.8, 4) is 0 Å². The van der Waals surface area contributed by atoms with Gasteiger partial charge in [0.1, 0.15) is 5.82 Å². The van der Waals surface area contributed by atoms with Crippen molar-refractivity contribution in [2.75, 3.05) is 6.54 Å². The van der Waals surface area contributed by atoms with Crippen LogP contribution in [0.15, 0.2) is 35.7 Å². The molecule has 2 aromatic heterocycles. The Bertz CT molecular complexity index is 933. The maximum absolute atomic E-state index is 12.7. The van der Waals surface area contributed by atoms with Gasteiger partial charge < -0.3 is 9.47 Å². The molecule has 1 aliphatic heterocycles. The van der Waals surface area contributed by atoms with Gasteiger partial charge in [-0.1, -0.05) is 30.3 Å². The molecule has 0 saturated heterocycles. The second kappa shape index (κ2) is 7.60. The van der Waals surface area contributed by atoms with E-state index in [1.807, 2.05) is 23.3 Å². The molecule has 3 heterocycles. The van der Waals surface area contributed by atoms with E-state index in [4.69, 9.17) is 0 Å². The molecule has 0 radical (unpaired) electrons. The summed E-state index contributed by atoms with van der Waals surface area (Å²) >= 11 is 1.58. The Morgan fingerprint density at radius 3 is 2.78 bits per heavy atom. The minimum atomic E-state index is 0.104. The Morgan fingerprint density at radius 1 is 1.22 bits per heavy atom. The summed E-state index contributed by atoms with van der Waals surface area (Å²) < 4.78 is 2.21. The van der Waals surface area contributed by atoms with Crippen LogP contribution in [0.5, 0.6) is 0 Å². The van der Waals surface area contributed by atoms with Crippen molar-refractivity contribution in [3.63, 3.8) is 0 Å². The van der Waals surface area contributed by atoms with Crippen molar-refractivity contribution in [3.05, 3.63) is 63.6 Å². The first kappa shape index (κ1) is 17.9. The van der Waals surface area contributed by atoms with Crippen molar-refractivity contribution in [2.24, 2.45) is 0 Å². The molecule has 4 rings (SSSR count). The van der Waals surface area contributed by atoms with E-state index in [1.54, 1.807) is 11.3 Å². The molecule has 0 spiro atoms. The van der Waals surface area contributed by atoms with Gasteiger partial charge in [0.15, 0.2) is 5.82 Å². The standard InChI is InChI=1S/C20H23N5OS/c1-14-11-24(20(26)10-17-13-27-15(2)21-17)12-19-23-22-18(25(14)19)9-8-16-6-4-3-5-7-16/h3-7,13-14H,8-12H2,1-2H3/t14-/m0/s1. The molecule has 0 bridgehead atoms. The molecule has 0 N–H and O–H groups in total.